The Balaban J connectivity index is 2.17. The lowest BCUT2D eigenvalue weighted by Crippen LogP contribution is -2.38. The van der Waals surface area contributed by atoms with Gasteiger partial charge in [0.15, 0.2) is 5.78 Å². The molecule has 1 unspecified atom stereocenters. The average molecular weight is 327 g/mol. The lowest BCUT2D eigenvalue weighted by Gasteiger charge is -2.33. The van der Waals surface area contributed by atoms with Gasteiger partial charge in [0, 0.05) is 23.4 Å². The van der Waals surface area contributed by atoms with Crippen molar-refractivity contribution in [2.75, 3.05) is 6.61 Å². The van der Waals surface area contributed by atoms with Crippen molar-refractivity contribution in [1.82, 2.24) is 10.3 Å². The standard InChI is InChI=1S/C18H21N3O3/c1-3-24-18(23)16-15(12-7-4-6-10(2)20-12)14-11(21-17(16)19)8-5-9-13(14)22/h4,6-7,15,21H,3,5,8-9,19H2,1-2H3. The van der Waals surface area contributed by atoms with Gasteiger partial charge in [-0.05, 0) is 38.8 Å². The molecule has 3 N–H and O–H groups in total. The number of ketones is 1. The summed E-state index contributed by atoms with van der Waals surface area (Å²) in [4.78, 5) is 29.6. The molecule has 3 rings (SSSR count). The highest BCUT2D eigenvalue weighted by Crippen LogP contribution is 2.41. The number of nitrogens with zero attached hydrogens (tertiary/aromatic N) is 1. The Bertz CT molecular complexity index is 765. The van der Waals surface area contributed by atoms with Crippen molar-refractivity contribution in [2.24, 2.45) is 5.73 Å². The third kappa shape index (κ3) is 2.79. The molecule has 24 heavy (non-hydrogen) atoms. The van der Waals surface area contributed by atoms with E-state index < -0.39 is 11.9 Å². The van der Waals surface area contributed by atoms with Gasteiger partial charge in [-0.2, -0.15) is 0 Å². The van der Waals surface area contributed by atoms with Crippen LogP contribution in [0.15, 0.2) is 40.9 Å². The van der Waals surface area contributed by atoms with Crippen LogP contribution >= 0.6 is 0 Å². The quantitative estimate of drug-likeness (QED) is 0.822. The number of hydrogen-bond donors (Lipinski definition) is 2. The van der Waals surface area contributed by atoms with Crippen LogP contribution < -0.4 is 11.1 Å². The van der Waals surface area contributed by atoms with Crippen LogP contribution in [0.25, 0.3) is 0 Å². The Labute approximate surface area is 140 Å². The molecule has 0 spiro atoms. The third-order valence-electron chi connectivity index (χ3n) is 4.31. The van der Waals surface area contributed by atoms with Crippen LogP contribution in [0.3, 0.4) is 0 Å². The van der Waals surface area contributed by atoms with E-state index in [1.165, 1.54) is 0 Å². The summed E-state index contributed by atoms with van der Waals surface area (Å²) in [5.74, 6) is -0.810. The second-order valence-electron chi connectivity index (χ2n) is 5.98. The largest absolute Gasteiger partial charge is 0.463 e. The van der Waals surface area contributed by atoms with Gasteiger partial charge in [-0.15, -0.1) is 0 Å². The number of carbonyl (C=O) groups excluding carboxylic acids is 2. The molecule has 0 radical (unpaired) electrons. The van der Waals surface area contributed by atoms with Crippen LogP contribution in [0, 0.1) is 6.92 Å². The van der Waals surface area contributed by atoms with Crippen LogP contribution in [-0.2, 0) is 14.3 Å². The minimum Gasteiger partial charge on any atom is -0.463 e. The highest BCUT2D eigenvalue weighted by Gasteiger charge is 2.40. The van der Waals surface area contributed by atoms with Gasteiger partial charge >= 0.3 is 5.97 Å². The number of allylic oxidation sites excluding steroid dienone is 2. The first-order valence-corrected chi connectivity index (χ1v) is 8.16. The van der Waals surface area contributed by atoms with Gasteiger partial charge in [-0.3, -0.25) is 9.78 Å². The molecule has 6 nitrogen and oxygen atoms in total. The first-order chi connectivity index (χ1) is 11.5. The summed E-state index contributed by atoms with van der Waals surface area (Å²) in [5.41, 5.74) is 9.24. The summed E-state index contributed by atoms with van der Waals surface area (Å²) in [7, 11) is 0. The minimum absolute atomic E-state index is 0.0337. The molecule has 0 aromatic carbocycles. The molecule has 0 amide bonds. The van der Waals surface area contributed by atoms with Crippen molar-refractivity contribution in [1.29, 1.82) is 0 Å². The van der Waals surface area contributed by atoms with E-state index in [0.717, 1.165) is 24.2 Å². The normalized spacial score (nSPS) is 20.6. The monoisotopic (exact) mass is 327 g/mol. The van der Waals surface area contributed by atoms with E-state index in [0.29, 0.717) is 17.7 Å². The molecule has 0 saturated carbocycles. The van der Waals surface area contributed by atoms with E-state index in [2.05, 4.69) is 10.3 Å². The molecule has 0 saturated heterocycles. The predicted molar refractivity (Wildman–Crippen MR) is 88.6 cm³/mol. The van der Waals surface area contributed by atoms with Gasteiger partial charge in [0.1, 0.15) is 5.82 Å². The van der Waals surface area contributed by atoms with Crippen molar-refractivity contribution >= 4 is 11.8 Å². The maximum absolute atomic E-state index is 12.6. The fourth-order valence-electron chi connectivity index (χ4n) is 3.32. The number of Topliss-reactive ketones (excluding diaryl/α,β-unsaturated/α-hetero) is 1. The number of carbonyl (C=O) groups is 2. The maximum Gasteiger partial charge on any atom is 0.338 e. The number of nitrogens with two attached hydrogens (primary N) is 1. The van der Waals surface area contributed by atoms with E-state index in [9.17, 15) is 9.59 Å². The molecule has 2 heterocycles. The molecule has 1 aromatic heterocycles. The van der Waals surface area contributed by atoms with E-state index in [1.807, 2.05) is 25.1 Å². The summed E-state index contributed by atoms with van der Waals surface area (Å²) in [6, 6.07) is 5.56. The fraction of sp³-hybridized carbons (Fsp3) is 0.389. The summed E-state index contributed by atoms with van der Waals surface area (Å²) in [6.45, 7) is 3.85. The number of hydrogen-bond acceptors (Lipinski definition) is 6. The van der Waals surface area contributed by atoms with E-state index in [-0.39, 0.29) is 23.8 Å². The zero-order valence-electron chi connectivity index (χ0n) is 13.9. The Hall–Kier alpha value is -2.63. The number of esters is 1. The molecule has 6 heteroatoms. The highest BCUT2D eigenvalue weighted by molar-refractivity contribution is 6.03. The summed E-state index contributed by atoms with van der Waals surface area (Å²) in [6.07, 6.45) is 1.99. The molecule has 0 fully saturated rings. The summed E-state index contributed by atoms with van der Waals surface area (Å²) < 4.78 is 5.17. The van der Waals surface area contributed by atoms with Crippen LogP contribution in [0.1, 0.15) is 43.5 Å². The molecular formula is C18H21N3O3. The van der Waals surface area contributed by atoms with Crippen LogP contribution in [0.5, 0.6) is 0 Å². The van der Waals surface area contributed by atoms with Gasteiger partial charge in [-0.25, -0.2) is 4.79 Å². The lowest BCUT2D eigenvalue weighted by atomic mass is 9.77. The molecule has 1 aliphatic heterocycles. The molecular weight excluding hydrogens is 306 g/mol. The van der Waals surface area contributed by atoms with Gasteiger partial charge in [0.2, 0.25) is 0 Å². The highest BCUT2D eigenvalue weighted by atomic mass is 16.5. The van der Waals surface area contributed by atoms with Crippen molar-refractivity contribution < 1.29 is 14.3 Å². The van der Waals surface area contributed by atoms with E-state index in [1.54, 1.807) is 6.92 Å². The topological polar surface area (TPSA) is 94.3 Å². The molecule has 0 bridgehead atoms. The SMILES string of the molecule is CCOC(=O)C1=C(N)NC2=C(C(=O)CCC2)C1c1cccc(C)n1. The maximum atomic E-state index is 12.6. The first kappa shape index (κ1) is 16.2. The minimum atomic E-state index is -0.576. The van der Waals surface area contributed by atoms with E-state index >= 15 is 0 Å². The van der Waals surface area contributed by atoms with Gasteiger partial charge in [0.05, 0.1) is 23.8 Å². The lowest BCUT2D eigenvalue weighted by molar-refractivity contribution is -0.138. The van der Waals surface area contributed by atoms with Crippen molar-refractivity contribution in [2.45, 2.75) is 39.0 Å². The summed E-state index contributed by atoms with van der Waals surface area (Å²) in [5, 5.41) is 3.04. The Morgan fingerprint density at radius 1 is 1.42 bits per heavy atom. The first-order valence-electron chi connectivity index (χ1n) is 8.16. The van der Waals surface area contributed by atoms with Crippen molar-refractivity contribution in [3.05, 3.63) is 52.3 Å². The number of aryl methyl sites for hydroxylation is 1. The van der Waals surface area contributed by atoms with E-state index in [4.69, 9.17) is 10.5 Å². The zero-order chi connectivity index (χ0) is 17.3. The van der Waals surface area contributed by atoms with Crippen LogP contribution in [0.4, 0.5) is 0 Å². The average Bonchev–Trinajstić information content (AvgIpc) is 2.54. The second kappa shape index (κ2) is 6.47. The van der Waals surface area contributed by atoms with Gasteiger partial charge in [-0.1, -0.05) is 6.07 Å². The number of rotatable bonds is 3. The smallest absolute Gasteiger partial charge is 0.338 e. The van der Waals surface area contributed by atoms with Crippen molar-refractivity contribution in [3.8, 4) is 0 Å². The van der Waals surface area contributed by atoms with Gasteiger partial charge in [0.25, 0.3) is 0 Å². The number of pyridine rings is 1. The van der Waals surface area contributed by atoms with Gasteiger partial charge < -0.3 is 15.8 Å². The summed E-state index contributed by atoms with van der Waals surface area (Å²) >= 11 is 0. The molecule has 1 atom stereocenters. The Morgan fingerprint density at radius 2 is 2.21 bits per heavy atom. The number of dihydropyridines is 1. The number of aromatic nitrogens is 1. The number of ether oxygens (including phenoxy) is 1. The Kier molecular flexibility index (Phi) is 4.38. The Morgan fingerprint density at radius 3 is 2.92 bits per heavy atom. The fourth-order valence-corrected chi connectivity index (χ4v) is 3.32. The molecule has 2 aliphatic rings. The second-order valence-corrected chi connectivity index (χ2v) is 5.98. The van der Waals surface area contributed by atoms with Crippen LogP contribution in [0.2, 0.25) is 0 Å². The molecule has 1 aromatic rings. The predicted octanol–water partition coefficient (Wildman–Crippen LogP) is 1.82. The molecule has 1 aliphatic carbocycles. The third-order valence-corrected chi connectivity index (χ3v) is 4.31. The number of nitrogens with one attached hydrogen (secondary N) is 1. The zero-order valence-corrected chi connectivity index (χ0v) is 13.9. The van der Waals surface area contributed by atoms with Crippen molar-refractivity contribution in [3.63, 3.8) is 0 Å². The molecule has 126 valence electrons. The van der Waals surface area contributed by atoms with Crippen LogP contribution in [-0.4, -0.2) is 23.3 Å².